The van der Waals surface area contributed by atoms with Crippen molar-refractivity contribution in [2.75, 3.05) is 6.61 Å². The van der Waals surface area contributed by atoms with Gasteiger partial charge >= 0.3 is 5.97 Å². The molecule has 1 atom stereocenters. The van der Waals surface area contributed by atoms with Gasteiger partial charge in [0.25, 0.3) is 0 Å². The molecule has 0 fully saturated rings. The van der Waals surface area contributed by atoms with E-state index in [0.717, 1.165) is 5.03 Å². The Kier molecular flexibility index (Phi) is 5.63. The highest BCUT2D eigenvalue weighted by Crippen LogP contribution is 2.25. The lowest BCUT2D eigenvalue weighted by Gasteiger charge is -2.12. The van der Waals surface area contributed by atoms with E-state index in [1.54, 1.807) is 25.3 Å². The summed E-state index contributed by atoms with van der Waals surface area (Å²) in [6.45, 7) is 4.16. The van der Waals surface area contributed by atoms with Crippen molar-refractivity contribution in [1.29, 1.82) is 0 Å². The van der Waals surface area contributed by atoms with E-state index >= 15 is 0 Å². The number of halogens is 1. The van der Waals surface area contributed by atoms with Gasteiger partial charge in [-0.1, -0.05) is 30.3 Å². The van der Waals surface area contributed by atoms with Gasteiger partial charge in [0.15, 0.2) is 0 Å². The fourth-order valence-electron chi connectivity index (χ4n) is 1.11. The molecule has 3 nitrogen and oxygen atoms in total. The molecule has 1 heterocycles. The zero-order chi connectivity index (χ0) is 12.0. The van der Waals surface area contributed by atoms with E-state index < -0.39 is 0 Å². The third kappa shape index (κ3) is 4.02. The molecule has 0 aliphatic carbocycles. The average molecular weight is 260 g/mol. The lowest BCUT2D eigenvalue weighted by Crippen LogP contribution is -2.19. The standard InChI is InChI=1S/C11H14ClNO2S/c1-3-9(11(14)15-4-2)16-10-6-5-8(12)7-13-10/h5-7,9H,3-4H2,1-2H3. The molecule has 0 spiro atoms. The van der Waals surface area contributed by atoms with Crippen molar-refractivity contribution < 1.29 is 9.53 Å². The van der Waals surface area contributed by atoms with Crippen LogP contribution < -0.4 is 0 Å². The molecule has 0 aliphatic rings. The summed E-state index contributed by atoms with van der Waals surface area (Å²) in [6, 6.07) is 3.56. The highest BCUT2D eigenvalue weighted by atomic mass is 35.5. The topological polar surface area (TPSA) is 39.2 Å². The van der Waals surface area contributed by atoms with Crippen LogP contribution in [0.1, 0.15) is 20.3 Å². The van der Waals surface area contributed by atoms with Crippen LogP contribution >= 0.6 is 23.4 Å². The first-order valence-corrected chi connectivity index (χ1v) is 6.38. The smallest absolute Gasteiger partial charge is 0.319 e. The van der Waals surface area contributed by atoms with Gasteiger partial charge in [-0.25, -0.2) is 4.98 Å². The van der Waals surface area contributed by atoms with Gasteiger partial charge in [-0.3, -0.25) is 4.79 Å². The third-order valence-electron chi connectivity index (χ3n) is 1.88. The molecular formula is C11H14ClNO2S. The fourth-order valence-corrected chi connectivity index (χ4v) is 2.11. The summed E-state index contributed by atoms with van der Waals surface area (Å²) in [4.78, 5) is 15.7. The number of hydrogen-bond acceptors (Lipinski definition) is 4. The first-order chi connectivity index (χ1) is 7.67. The maximum absolute atomic E-state index is 11.5. The Balaban J connectivity index is 2.62. The second-order valence-electron chi connectivity index (χ2n) is 3.08. The third-order valence-corrected chi connectivity index (χ3v) is 3.40. The second-order valence-corrected chi connectivity index (χ2v) is 4.74. The zero-order valence-corrected chi connectivity index (χ0v) is 10.8. The highest BCUT2D eigenvalue weighted by molar-refractivity contribution is 8.00. The van der Waals surface area contributed by atoms with Crippen molar-refractivity contribution in [1.82, 2.24) is 4.98 Å². The van der Waals surface area contributed by atoms with Gasteiger partial charge in [0.2, 0.25) is 0 Å². The SMILES string of the molecule is CCOC(=O)C(CC)Sc1ccc(Cl)cn1. The summed E-state index contributed by atoms with van der Waals surface area (Å²) in [5.74, 6) is -0.188. The van der Waals surface area contributed by atoms with Crippen molar-refractivity contribution in [3.63, 3.8) is 0 Å². The number of thioether (sulfide) groups is 1. The monoisotopic (exact) mass is 259 g/mol. The van der Waals surface area contributed by atoms with Crippen LogP contribution in [0, 0.1) is 0 Å². The van der Waals surface area contributed by atoms with E-state index in [-0.39, 0.29) is 11.2 Å². The van der Waals surface area contributed by atoms with Gasteiger partial charge in [0.05, 0.1) is 16.7 Å². The predicted molar refractivity (Wildman–Crippen MR) is 65.8 cm³/mol. The molecule has 16 heavy (non-hydrogen) atoms. The van der Waals surface area contributed by atoms with Crippen LogP contribution in [0.15, 0.2) is 23.4 Å². The molecule has 0 N–H and O–H groups in total. The Hall–Kier alpha value is -0.740. The fraction of sp³-hybridized carbons (Fsp3) is 0.455. The van der Waals surface area contributed by atoms with Gasteiger partial charge < -0.3 is 4.74 Å². The summed E-state index contributed by atoms with van der Waals surface area (Å²) in [7, 11) is 0. The number of carbonyl (C=O) groups is 1. The van der Waals surface area contributed by atoms with Gasteiger partial charge in [-0.2, -0.15) is 0 Å². The minimum absolute atomic E-state index is 0.188. The zero-order valence-electron chi connectivity index (χ0n) is 9.27. The van der Waals surface area contributed by atoms with Crippen LogP contribution in [0.2, 0.25) is 5.02 Å². The summed E-state index contributed by atoms with van der Waals surface area (Å²) >= 11 is 7.13. The van der Waals surface area contributed by atoms with E-state index in [4.69, 9.17) is 16.3 Å². The summed E-state index contributed by atoms with van der Waals surface area (Å²) in [5, 5.41) is 1.17. The highest BCUT2D eigenvalue weighted by Gasteiger charge is 2.19. The first-order valence-electron chi connectivity index (χ1n) is 5.12. The van der Waals surface area contributed by atoms with E-state index in [1.165, 1.54) is 11.8 Å². The molecule has 0 aromatic carbocycles. The summed E-state index contributed by atoms with van der Waals surface area (Å²) in [6.07, 6.45) is 2.29. The number of esters is 1. The Bertz CT molecular complexity index is 342. The lowest BCUT2D eigenvalue weighted by atomic mass is 10.3. The molecule has 5 heteroatoms. The van der Waals surface area contributed by atoms with Gasteiger partial charge in [-0.05, 0) is 25.5 Å². The molecular weight excluding hydrogens is 246 g/mol. The van der Waals surface area contributed by atoms with Crippen LogP contribution in [0.25, 0.3) is 0 Å². The van der Waals surface area contributed by atoms with E-state index in [1.807, 2.05) is 6.92 Å². The van der Waals surface area contributed by atoms with Crippen molar-refractivity contribution in [2.24, 2.45) is 0 Å². The van der Waals surface area contributed by atoms with Gasteiger partial charge in [0.1, 0.15) is 5.25 Å². The lowest BCUT2D eigenvalue weighted by molar-refractivity contribution is -0.142. The first kappa shape index (κ1) is 13.3. The second kappa shape index (κ2) is 6.76. The summed E-state index contributed by atoms with van der Waals surface area (Å²) < 4.78 is 4.98. The van der Waals surface area contributed by atoms with E-state index in [2.05, 4.69) is 4.98 Å². The average Bonchev–Trinajstić information content (AvgIpc) is 2.28. The minimum Gasteiger partial charge on any atom is -0.465 e. The number of rotatable bonds is 5. The molecule has 0 radical (unpaired) electrons. The van der Waals surface area contributed by atoms with E-state index in [9.17, 15) is 4.79 Å². The molecule has 1 aromatic heterocycles. The molecule has 1 unspecified atom stereocenters. The molecule has 0 saturated heterocycles. The molecule has 0 saturated carbocycles. The normalized spacial score (nSPS) is 12.2. The van der Waals surface area contributed by atoms with Gasteiger partial charge in [0, 0.05) is 6.20 Å². The quantitative estimate of drug-likeness (QED) is 0.601. The molecule has 1 rings (SSSR count). The van der Waals surface area contributed by atoms with Crippen LogP contribution in [0.5, 0.6) is 0 Å². The van der Waals surface area contributed by atoms with Crippen LogP contribution in [-0.4, -0.2) is 22.8 Å². The van der Waals surface area contributed by atoms with Crippen LogP contribution in [0.4, 0.5) is 0 Å². The number of ether oxygens (including phenoxy) is 1. The molecule has 0 bridgehead atoms. The predicted octanol–water partition coefficient (Wildman–Crippen LogP) is 3.17. The molecule has 0 amide bonds. The largest absolute Gasteiger partial charge is 0.465 e. The Morgan fingerprint density at radius 2 is 2.31 bits per heavy atom. The van der Waals surface area contributed by atoms with Crippen molar-refractivity contribution >= 4 is 29.3 Å². The maximum atomic E-state index is 11.5. The Morgan fingerprint density at radius 3 is 2.81 bits per heavy atom. The Morgan fingerprint density at radius 1 is 1.56 bits per heavy atom. The van der Waals surface area contributed by atoms with Crippen LogP contribution in [0.3, 0.4) is 0 Å². The minimum atomic E-state index is -0.200. The summed E-state index contributed by atoms with van der Waals surface area (Å²) in [5.41, 5.74) is 0. The number of hydrogen-bond donors (Lipinski definition) is 0. The Labute approximate surface area is 105 Å². The number of nitrogens with zero attached hydrogens (tertiary/aromatic N) is 1. The number of aromatic nitrogens is 1. The van der Waals surface area contributed by atoms with Crippen molar-refractivity contribution in [2.45, 2.75) is 30.5 Å². The van der Waals surface area contributed by atoms with E-state index in [0.29, 0.717) is 18.1 Å². The molecule has 1 aromatic rings. The van der Waals surface area contributed by atoms with Crippen molar-refractivity contribution in [3.8, 4) is 0 Å². The van der Waals surface area contributed by atoms with Crippen molar-refractivity contribution in [3.05, 3.63) is 23.4 Å². The van der Waals surface area contributed by atoms with Crippen LogP contribution in [-0.2, 0) is 9.53 Å². The number of pyridine rings is 1. The molecule has 88 valence electrons. The molecule has 0 aliphatic heterocycles. The maximum Gasteiger partial charge on any atom is 0.319 e. The van der Waals surface area contributed by atoms with Gasteiger partial charge in [-0.15, -0.1) is 0 Å². The number of carbonyl (C=O) groups excluding carboxylic acids is 1.